The molecule has 8 nitrogen and oxygen atoms in total. The molecule has 1 aliphatic carbocycles. The molecule has 10 heteroatoms. The van der Waals surface area contributed by atoms with Gasteiger partial charge < -0.3 is 20.3 Å². The summed E-state index contributed by atoms with van der Waals surface area (Å²) in [5.41, 5.74) is 1.64. The highest BCUT2D eigenvalue weighted by Gasteiger charge is 2.34. The number of hydrogen-bond donors (Lipinski definition) is 2. The van der Waals surface area contributed by atoms with Crippen molar-refractivity contribution in [3.63, 3.8) is 0 Å². The number of amides is 3. The number of benzene rings is 1. The highest BCUT2D eigenvalue weighted by atomic mass is 35.5. The third-order valence-electron chi connectivity index (χ3n) is 6.92. The molecule has 1 saturated heterocycles. The van der Waals surface area contributed by atoms with Crippen molar-refractivity contribution in [1.29, 1.82) is 0 Å². The van der Waals surface area contributed by atoms with Gasteiger partial charge in [0.1, 0.15) is 21.2 Å². The number of likely N-dealkylation sites (tertiary alicyclic amines) is 1. The van der Waals surface area contributed by atoms with Crippen LogP contribution in [0.15, 0.2) is 54.4 Å². The number of hydrogen-bond acceptors (Lipinski definition) is 6. The van der Waals surface area contributed by atoms with Crippen LogP contribution in [0.3, 0.4) is 0 Å². The highest BCUT2D eigenvalue weighted by molar-refractivity contribution is 7.21. The fourth-order valence-corrected chi connectivity index (χ4v) is 6.36. The normalized spacial score (nSPS) is 21.2. The number of halogens is 1. The molecular weight excluding hydrogens is 510 g/mol. The number of rotatable bonds is 5. The van der Waals surface area contributed by atoms with Crippen LogP contribution in [0.4, 0.5) is 21.9 Å². The van der Waals surface area contributed by atoms with Crippen LogP contribution in [-0.4, -0.2) is 48.0 Å². The molecule has 190 valence electrons. The lowest BCUT2D eigenvalue weighted by molar-refractivity contribution is 0.0917. The van der Waals surface area contributed by atoms with E-state index in [1.54, 1.807) is 30.5 Å². The minimum atomic E-state index is -0.392. The Hall–Kier alpha value is -3.40. The maximum absolute atomic E-state index is 13.4. The van der Waals surface area contributed by atoms with Crippen molar-refractivity contribution in [2.45, 2.75) is 25.8 Å². The second kappa shape index (κ2) is 9.48. The van der Waals surface area contributed by atoms with Gasteiger partial charge in [-0.25, -0.2) is 9.78 Å². The molecule has 0 saturated carbocycles. The first kappa shape index (κ1) is 24.0. The Balaban J connectivity index is 1.32. The minimum Gasteiger partial charge on any atom is -0.461 e. The number of carbonyl (C=O) groups excluding carboxylic acids is 2. The SMILES string of the molecule is CC1C=CC=C1Oc1ccc(N2C(=O)Nc3c(C(=O)NC4CCCN(C)C4)sc4nccc2c34)c(Cl)c1. The number of nitrogens with zero attached hydrogens (tertiary/aromatic N) is 3. The zero-order valence-corrected chi connectivity index (χ0v) is 22.0. The number of ether oxygens (including phenoxy) is 1. The van der Waals surface area contributed by atoms with Crippen molar-refractivity contribution in [1.82, 2.24) is 15.2 Å². The van der Waals surface area contributed by atoms with E-state index in [0.717, 1.165) is 37.1 Å². The van der Waals surface area contributed by atoms with Gasteiger partial charge in [0.2, 0.25) is 0 Å². The smallest absolute Gasteiger partial charge is 0.331 e. The van der Waals surface area contributed by atoms with Gasteiger partial charge in [0.15, 0.2) is 0 Å². The van der Waals surface area contributed by atoms with Gasteiger partial charge in [0, 0.05) is 30.8 Å². The number of aromatic nitrogens is 1. The molecule has 0 bridgehead atoms. The number of piperidine rings is 1. The Labute approximate surface area is 223 Å². The molecule has 6 rings (SSSR count). The second-order valence-corrected chi connectivity index (χ2v) is 11.0. The average Bonchev–Trinajstić information content (AvgIpc) is 3.44. The molecule has 2 aliphatic heterocycles. The summed E-state index contributed by atoms with van der Waals surface area (Å²) in [4.78, 5) is 36.0. The molecule has 3 aliphatic rings. The molecule has 37 heavy (non-hydrogen) atoms. The number of likely N-dealkylation sites (N-methyl/N-ethyl adjacent to an activating group) is 1. The van der Waals surface area contributed by atoms with E-state index in [9.17, 15) is 9.59 Å². The summed E-state index contributed by atoms with van der Waals surface area (Å²) in [6.07, 6.45) is 9.56. The summed E-state index contributed by atoms with van der Waals surface area (Å²) in [5, 5.41) is 7.17. The van der Waals surface area contributed by atoms with E-state index in [0.29, 0.717) is 37.5 Å². The summed E-state index contributed by atoms with van der Waals surface area (Å²) in [6, 6.07) is 6.72. The van der Waals surface area contributed by atoms with Crippen molar-refractivity contribution in [3.05, 3.63) is 64.3 Å². The van der Waals surface area contributed by atoms with Crippen LogP contribution in [0.1, 0.15) is 29.4 Å². The number of thiophene rings is 1. The minimum absolute atomic E-state index is 0.0742. The van der Waals surface area contributed by atoms with E-state index in [1.165, 1.54) is 16.2 Å². The Morgan fingerprint density at radius 1 is 1.30 bits per heavy atom. The molecule has 3 aromatic rings. The molecule has 4 heterocycles. The molecule has 0 radical (unpaired) electrons. The average molecular weight is 536 g/mol. The van der Waals surface area contributed by atoms with E-state index in [-0.39, 0.29) is 17.9 Å². The predicted octanol–water partition coefficient (Wildman–Crippen LogP) is 5.93. The number of allylic oxidation sites excluding steroid dienone is 3. The largest absolute Gasteiger partial charge is 0.461 e. The quantitative estimate of drug-likeness (QED) is 0.423. The van der Waals surface area contributed by atoms with E-state index in [4.69, 9.17) is 16.3 Å². The number of nitrogens with one attached hydrogen (secondary N) is 2. The summed E-state index contributed by atoms with van der Waals surface area (Å²) in [5.74, 6) is 1.43. The van der Waals surface area contributed by atoms with Crippen LogP contribution in [0.2, 0.25) is 5.02 Å². The van der Waals surface area contributed by atoms with E-state index in [1.807, 2.05) is 12.2 Å². The van der Waals surface area contributed by atoms with Crippen molar-refractivity contribution in [2.24, 2.45) is 5.92 Å². The molecule has 2 aromatic heterocycles. The first-order chi connectivity index (χ1) is 17.9. The molecule has 2 atom stereocenters. The summed E-state index contributed by atoms with van der Waals surface area (Å²) >= 11 is 7.95. The number of pyridine rings is 1. The van der Waals surface area contributed by atoms with Crippen molar-refractivity contribution in [3.8, 4) is 5.75 Å². The van der Waals surface area contributed by atoms with Gasteiger partial charge in [-0.2, -0.15) is 0 Å². The van der Waals surface area contributed by atoms with Gasteiger partial charge in [0.25, 0.3) is 5.91 Å². The van der Waals surface area contributed by atoms with Gasteiger partial charge in [-0.1, -0.05) is 30.7 Å². The van der Waals surface area contributed by atoms with Crippen LogP contribution in [-0.2, 0) is 0 Å². The number of anilines is 3. The van der Waals surface area contributed by atoms with Crippen LogP contribution < -0.4 is 20.3 Å². The van der Waals surface area contributed by atoms with Crippen LogP contribution in [0.25, 0.3) is 10.2 Å². The lowest BCUT2D eigenvalue weighted by atomic mass is 10.1. The van der Waals surface area contributed by atoms with Gasteiger partial charge >= 0.3 is 6.03 Å². The fourth-order valence-electron chi connectivity index (χ4n) is 5.08. The standard InChI is InChI=1S/C27H26ClN5O3S/c1-15-5-3-7-21(15)36-17-8-9-19(18(28)13-17)33-20-10-11-29-26-22(20)23(31-27(33)35)24(37-26)25(34)30-16-6-4-12-32(2)14-16/h3,5,7-11,13,15-16H,4,6,12,14H2,1-2H3,(H,30,34)(H,31,35). The fraction of sp³-hybridized carbons (Fsp3) is 0.296. The third kappa shape index (κ3) is 4.37. The van der Waals surface area contributed by atoms with E-state index < -0.39 is 6.03 Å². The lowest BCUT2D eigenvalue weighted by Gasteiger charge is -2.30. The van der Waals surface area contributed by atoms with E-state index >= 15 is 0 Å². The first-order valence-corrected chi connectivity index (χ1v) is 13.5. The van der Waals surface area contributed by atoms with Crippen molar-refractivity contribution in [2.75, 3.05) is 30.4 Å². The lowest BCUT2D eigenvalue weighted by Crippen LogP contribution is -2.46. The Kier molecular flexibility index (Phi) is 6.14. The second-order valence-electron chi connectivity index (χ2n) is 9.61. The van der Waals surface area contributed by atoms with Crippen molar-refractivity contribution >= 4 is 62.2 Å². The summed E-state index contributed by atoms with van der Waals surface area (Å²) < 4.78 is 5.99. The van der Waals surface area contributed by atoms with Gasteiger partial charge in [-0.3, -0.25) is 9.69 Å². The third-order valence-corrected chi connectivity index (χ3v) is 8.32. The highest BCUT2D eigenvalue weighted by Crippen LogP contribution is 2.47. The number of carbonyl (C=O) groups is 2. The Morgan fingerprint density at radius 2 is 2.16 bits per heavy atom. The molecule has 2 N–H and O–H groups in total. The Morgan fingerprint density at radius 3 is 2.92 bits per heavy atom. The molecule has 0 spiro atoms. The molecular formula is C27H26ClN5O3S. The topological polar surface area (TPSA) is 86.8 Å². The van der Waals surface area contributed by atoms with Crippen LogP contribution in [0.5, 0.6) is 5.75 Å². The molecule has 1 aromatic carbocycles. The molecule has 1 fully saturated rings. The monoisotopic (exact) mass is 535 g/mol. The maximum atomic E-state index is 13.4. The zero-order chi connectivity index (χ0) is 25.7. The number of urea groups is 1. The first-order valence-electron chi connectivity index (χ1n) is 12.3. The van der Waals surface area contributed by atoms with Gasteiger partial charge in [0.05, 0.1) is 27.5 Å². The molecule has 2 unspecified atom stereocenters. The zero-order valence-electron chi connectivity index (χ0n) is 20.5. The van der Waals surface area contributed by atoms with Gasteiger partial charge in [-0.05, 0) is 50.7 Å². The maximum Gasteiger partial charge on any atom is 0.331 e. The van der Waals surface area contributed by atoms with E-state index in [2.05, 4.69) is 40.6 Å². The van der Waals surface area contributed by atoms with Crippen LogP contribution >= 0.6 is 22.9 Å². The van der Waals surface area contributed by atoms with Crippen molar-refractivity contribution < 1.29 is 14.3 Å². The predicted molar refractivity (Wildman–Crippen MR) is 147 cm³/mol. The van der Waals surface area contributed by atoms with Gasteiger partial charge in [-0.15, -0.1) is 11.3 Å². The molecule has 3 amide bonds. The summed E-state index contributed by atoms with van der Waals surface area (Å²) in [6.45, 7) is 3.89. The van der Waals surface area contributed by atoms with Crippen LogP contribution in [0, 0.1) is 5.92 Å². The summed E-state index contributed by atoms with van der Waals surface area (Å²) in [7, 11) is 2.06. The Bertz CT molecular complexity index is 1480.